The Bertz CT molecular complexity index is 1270. The predicted octanol–water partition coefficient (Wildman–Crippen LogP) is 5.10. The van der Waals surface area contributed by atoms with E-state index in [1.165, 1.54) is 25.3 Å². The molecule has 1 aromatic heterocycles. The summed E-state index contributed by atoms with van der Waals surface area (Å²) in [5.41, 5.74) is 2.35. The summed E-state index contributed by atoms with van der Waals surface area (Å²) < 4.78 is 0. The molecule has 0 saturated heterocycles. The molecule has 0 spiro atoms. The van der Waals surface area contributed by atoms with Gasteiger partial charge < -0.3 is 25.2 Å². The zero-order valence-corrected chi connectivity index (χ0v) is 23.0. The Balaban J connectivity index is 1.32. The maximum atomic E-state index is 13.4. The van der Waals surface area contributed by atoms with Crippen molar-refractivity contribution < 1.29 is 9.90 Å². The van der Waals surface area contributed by atoms with Crippen molar-refractivity contribution in [2.24, 2.45) is 0 Å². The van der Waals surface area contributed by atoms with E-state index in [0.717, 1.165) is 55.5 Å². The number of amides is 1. The Labute approximate surface area is 229 Å². The summed E-state index contributed by atoms with van der Waals surface area (Å²) in [4.78, 5) is 32.1. The predicted molar refractivity (Wildman–Crippen MR) is 155 cm³/mol. The molecule has 1 saturated carbocycles. The minimum absolute atomic E-state index is 0.0769. The van der Waals surface area contributed by atoms with Crippen LogP contribution in [0.15, 0.2) is 53.3 Å². The van der Waals surface area contributed by atoms with E-state index in [2.05, 4.69) is 27.0 Å². The number of nitrogens with one attached hydrogen (secondary N) is 2. The number of carbonyl (C=O) groups is 1. The van der Waals surface area contributed by atoms with Crippen LogP contribution in [0.3, 0.4) is 0 Å². The fourth-order valence-electron chi connectivity index (χ4n) is 5.48. The van der Waals surface area contributed by atoms with Gasteiger partial charge in [-0.3, -0.25) is 9.59 Å². The van der Waals surface area contributed by atoms with E-state index in [9.17, 15) is 14.7 Å². The van der Waals surface area contributed by atoms with E-state index < -0.39 is 0 Å². The normalized spacial score (nSPS) is 14.1. The van der Waals surface area contributed by atoms with E-state index in [0.29, 0.717) is 36.1 Å². The SMILES string of the molecule is CCN(CCC(=O)N(CCNCCc1ccc(O)c2[nH]c(=O)ccc12)C1CCCCC1)c1cccc(Cl)c1. The molecule has 4 rings (SSSR count). The number of rotatable bonds is 12. The second kappa shape index (κ2) is 13.7. The highest BCUT2D eigenvalue weighted by molar-refractivity contribution is 6.30. The largest absolute Gasteiger partial charge is 0.506 e. The molecule has 38 heavy (non-hydrogen) atoms. The van der Waals surface area contributed by atoms with Gasteiger partial charge in [-0.1, -0.05) is 43.0 Å². The van der Waals surface area contributed by atoms with Gasteiger partial charge in [0.15, 0.2) is 0 Å². The van der Waals surface area contributed by atoms with Gasteiger partial charge >= 0.3 is 0 Å². The first-order chi connectivity index (χ1) is 18.5. The minimum Gasteiger partial charge on any atom is -0.506 e. The van der Waals surface area contributed by atoms with Gasteiger partial charge in [0.2, 0.25) is 11.5 Å². The third-order valence-corrected chi connectivity index (χ3v) is 7.79. The van der Waals surface area contributed by atoms with Crippen molar-refractivity contribution in [3.8, 4) is 5.75 Å². The lowest BCUT2D eigenvalue weighted by molar-refractivity contribution is -0.134. The Morgan fingerprint density at radius 3 is 2.66 bits per heavy atom. The molecule has 0 bridgehead atoms. The van der Waals surface area contributed by atoms with Crippen molar-refractivity contribution in [3.05, 3.63) is 69.5 Å². The highest BCUT2D eigenvalue weighted by Gasteiger charge is 2.25. The number of halogens is 1. The van der Waals surface area contributed by atoms with Crippen LogP contribution in [0.1, 0.15) is 51.0 Å². The number of phenols is 1. The number of hydrogen-bond acceptors (Lipinski definition) is 5. The molecule has 0 unspecified atom stereocenters. The van der Waals surface area contributed by atoms with Crippen molar-refractivity contribution >= 4 is 34.1 Å². The van der Waals surface area contributed by atoms with Crippen molar-refractivity contribution in [2.75, 3.05) is 37.6 Å². The van der Waals surface area contributed by atoms with Gasteiger partial charge in [0.25, 0.3) is 0 Å². The van der Waals surface area contributed by atoms with Gasteiger partial charge in [-0.25, -0.2) is 0 Å². The van der Waals surface area contributed by atoms with Crippen molar-refractivity contribution in [2.45, 2.75) is 57.9 Å². The van der Waals surface area contributed by atoms with Gasteiger partial charge in [-0.15, -0.1) is 0 Å². The molecule has 204 valence electrons. The molecule has 7 nitrogen and oxygen atoms in total. The average Bonchev–Trinajstić information content (AvgIpc) is 2.93. The molecule has 0 radical (unpaired) electrons. The number of aromatic nitrogens is 1. The van der Waals surface area contributed by atoms with Gasteiger partial charge in [-0.2, -0.15) is 0 Å². The molecule has 1 aliphatic rings. The van der Waals surface area contributed by atoms with Crippen LogP contribution in [0.5, 0.6) is 5.75 Å². The molecule has 0 atom stereocenters. The van der Waals surface area contributed by atoms with Crippen LogP contribution in [-0.4, -0.2) is 59.7 Å². The minimum atomic E-state index is -0.231. The van der Waals surface area contributed by atoms with Crippen LogP contribution in [0.4, 0.5) is 5.69 Å². The van der Waals surface area contributed by atoms with Crippen molar-refractivity contribution in [3.63, 3.8) is 0 Å². The van der Waals surface area contributed by atoms with E-state index in [-0.39, 0.29) is 17.2 Å². The standard InChI is InChI=1S/C30H39ClN4O3/c1-2-34(25-10-6-7-23(31)21-25)19-16-29(38)35(24-8-4-3-5-9-24)20-18-32-17-15-22-11-13-27(36)30-26(22)12-14-28(37)33-30/h6-7,10-14,21,24,32,36H,2-5,8-9,15-20H2,1H3,(H,33,37). The van der Waals surface area contributed by atoms with Crippen LogP contribution in [-0.2, 0) is 11.2 Å². The number of anilines is 1. The van der Waals surface area contributed by atoms with Crippen LogP contribution in [0.25, 0.3) is 10.9 Å². The monoisotopic (exact) mass is 538 g/mol. The van der Waals surface area contributed by atoms with Crippen LogP contribution < -0.4 is 15.8 Å². The smallest absolute Gasteiger partial charge is 0.248 e. The lowest BCUT2D eigenvalue weighted by atomic mass is 9.94. The highest BCUT2D eigenvalue weighted by Crippen LogP contribution is 2.26. The molecule has 0 aliphatic heterocycles. The topological polar surface area (TPSA) is 88.7 Å². The molecule has 1 aliphatic carbocycles. The molecular formula is C30H39ClN4O3. The zero-order valence-electron chi connectivity index (χ0n) is 22.2. The number of aromatic amines is 1. The first kappa shape index (κ1) is 28.0. The molecule has 3 aromatic rings. The fraction of sp³-hybridized carbons (Fsp3) is 0.467. The number of nitrogens with zero attached hydrogens (tertiary/aromatic N) is 2. The lowest BCUT2D eigenvalue weighted by Crippen LogP contribution is -2.46. The molecule has 2 aromatic carbocycles. The summed E-state index contributed by atoms with van der Waals surface area (Å²) in [6.07, 6.45) is 7.01. The van der Waals surface area contributed by atoms with Crippen molar-refractivity contribution in [1.82, 2.24) is 15.2 Å². The van der Waals surface area contributed by atoms with E-state index >= 15 is 0 Å². The fourth-order valence-corrected chi connectivity index (χ4v) is 5.67. The second-order valence-corrected chi connectivity index (χ2v) is 10.5. The Hall–Kier alpha value is -3.03. The number of H-pyrrole nitrogens is 1. The molecular weight excluding hydrogens is 500 g/mol. The van der Waals surface area contributed by atoms with E-state index in [1.807, 2.05) is 30.3 Å². The molecule has 1 fully saturated rings. The number of benzene rings is 2. The number of fused-ring (bicyclic) bond motifs is 1. The summed E-state index contributed by atoms with van der Waals surface area (Å²) in [7, 11) is 0. The zero-order chi connectivity index (χ0) is 26.9. The summed E-state index contributed by atoms with van der Waals surface area (Å²) in [6, 6.07) is 14.9. The lowest BCUT2D eigenvalue weighted by Gasteiger charge is -2.35. The number of aromatic hydroxyl groups is 1. The summed E-state index contributed by atoms with van der Waals surface area (Å²) in [5, 5.41) is 15.2. The maximum absolute atomic E-state index is 13.4. The van der Waals surface area contributed by atoms with Gasteiger partial charge in [0.1, 0.15) is 5.75 Å². The first-order valence-corrected chi connectivity index (χ1v) is 14.2. The summed E-state index contributed by atoms with van der Waals surface area (Å²) >= 11 is 6.19. The van der Waals surface area contributed by atoms with E-state index in [4.69, 9.17) is 11.6 Å². The third-order valence-electron chi connectivity index (χ3n) is 7.55. The van der Waals surface area contributed by atoms with E-state index in [1.54, 1.807) is 12.1 Å². The summed E-state index contributed by atoms with van der Waals surface area (Å²) in [5.74, 6) is 0.292. The Kier molecular flexibility index (Phi) is 10.1. The molecule has 8 heteroatoms. The number of carbonyl (C=O) groups excluding carboxylic acids is 1. The highest BCUT2D eigenvalue weighted by atomic mass is 35.5. The quantitative estimate of drug-likeness (QED) is 0.279. The molecule has 1 heterocycles. The Morgan fingerprint density at radius 2 is 1.89 bits per heavy atom. The third kappa shape index (κ3) is 7.29. The number of phenolic OH excluding ortho intramolecular Hbond substituents is 1. The average molecular weight is 539 g/mol. The van der Waals surface area contributed by atoms with Crippen molar-refractivity contribution in [1.29, 1.82) is 0 Å². The van der Waals surface area contributed by atoms with Gasteiger partial charge in [-0.05, 0) is 68.6 Å². The van der Waals surface area contributed by atoms with Gasteiger partial charge in [0.05, 0.1) is 5.52 Å². The first-order valence-electron chi connectivity index (χ1n) is 13.8. The maximum Gasteiger partial charge on any atom is 0.248 e. The summed E-state index contributed by atoms with van der Waals surface area (Å²) in [6.45, 7) is 5.74. The van der Waals surface area contributed by atoms with Crippen LogP contribution in [0, 0.1) is 0 Å². The van der Waals surface area contributed by atoms with Crippen LogP contribution in [0.2, 0.25) is 5.02 Å². The van der Waals surface area contributed by atoms with Gasteiger partial charge in [0, 0.05) is 60.8 Å². The molecule has 1 amide bonds. The molecule has 3 N–H and O–H groups in total. The Morgan fingerprint density at radius 1 is 1.08 bits per heavy atom. The number of pyridine rings is 1. The number of hydrogen-bond donors (Lipinski definition) is 3. The second-order valence-electron chi connectivity index (χ2n) is 10.0. The van der Waals surface area contributed by atoms with Crippen LogP contribution >= 0.6 is 11.6 Å².